The molecular formula is C15H19ClN4. The van der Waals surface area contributed by atoms with Gasteiger partial charge in [0.15, 0.2) is 0 Å². The van der Waals surface area contributed by atoms with Crippen molar-refractivity contribution in [3.8, 4) is 0 Å². The molecule has 1 heterocycles. The lowest BCUT2D eigenvalue weighted by molar-refractivity contribution is 0.817. The highest BCUT2D eigenvalue weighted by atomic mass is 35.5. The Kier molecular flexibility index (Phi) is 4.79. The van der Waals surface area contributed by atoms with Crippen LogP contribution in [0.15, 0.2) is 30.3 Å². The first kappa shape index (κ1) is 14.6. The molecule has 0 aliphatic carbocycles. The van der Waals surface area contributed by atoms with Crippen molar-refractivity contribution in [2.45, 2.75) is 20.8 Å². The van der Waals surface area contributed by atoms with E-state index >= 15 is 0 Å². The molecule has 1 aromatic carbocycles. The third-order valence-electron chi connectivity index (χ3n) is 3.01. The highest BCUT2D eigenvalue weighted by Crippen LogP contribution is 2.20. The van der Waals surface area contributed by atoms with Crippen LogP contribution in [0.4, 0.5) is 17.5 Å². The summed E-state index contributed by atoms with van der Waals surface area (Å²) in [6.07, 6.45) is 0. The van der Waals surface area contributed by atoms with E-state index in [0.29, 0.717) is 0 Å². The molecule has 0 saturated carbocycles. The molecule has 0 radical (unpaired) electrons. The molecule has 5 heteroatoms. The van der Waals surface area contributed by atoms with Gasteiger partial charge in [0.25, 0.3) is 0 Å². The number of aryl methyl sites for hydroxylation is 1. The molecule has 0 bridgehead atoms. The van der Waals surface area contributed by atoms with Crippen molar-refractivity contribution < 1.29 is 0 Å². The summed E-state index contributed by atoms with van der Waals surface area (Å²) in [6.45, 7) is 7.95. The summed E-state index contributed by atoms with van der Waals surface area (Å²) in [6, 6.07) is 9.49. The minimum atomic E-state index is 0.721. The summed E-state index contributed by atoms with van der Waals surface area (Å²) < 4.78 is 0. The molecule has 0 atom stereocenters. The van der Waals surface area contributed by atoms with Gasteiger partial charge in [-0.1, -0.05) is 11.6 Å². The molecule has 0 amide bonds. The normalized spacial score (nSPS) is 10.4. The van der Waals surface area contributed by atoms with Crippen LogP contribution in [0.2, 0.25) is 5.02 Å². The number of anilines is 3. The van der Waals surface area contributed by atoms with E-state index in [0.717, 1.165) is 41.3 Å². The molecule has 1 aromatic heterocycles. The van der Waals surface area contributed by atoms with Gasteiger partial charge in [-0.25, -0.2) is 4.98 Å². The average Bonchev–Trinajstić information content (AvgIpc) is 2.42. The lowest BCUT2D eigenvalue weighted by Crippen LogP contribution is -2.24. The maximum Gasteiger partial charge on any atom is 0.227 e. The van der Waals surface area contributed by atoms with E-state index in [1.807, 2.05) is 37.3 Å². The van der Waals surface area contributed by atoms with E-state index in [9.17, 15) is 0 Å². The van der Waals surface area contributed by atoms with Crippen molar-refractivity contribution in [1.82, 2.24) is 9.97 Å². The largest absolute Gasteiger partial charge is 0.341 e. The fraction of sp³-hybridized carbons (Fsp3) is 0.333. The van der Waals surface area contributed by atoms with Gasteiger partial charge in [-0.3, -0.25) is 0 Å². The van der Waals surface area contributed by atoms with E-state index in [4.69, 9.17) is 11.6 Å². The molecule has 106 valence electrons. The zero-order valence-corrected chi connectivity index (χ0v) is 12.8. The molecule has 0 fully saturated rings. The number of benzene rings is 1. The highest BCUT2D eigenvalue weighted by Gasteiger charge is 2.08. The van der Waals surface area contributed by atoms with Gasteiger partial charge in [-0.2, -0.15) is 4.98 Å². The monoisotopic (exact) mass is 290 g/mol. The summed E-state index contributed by atoms with van der Waals surface area (Å²) in [7, 11) is 0. The van der Waals surface area contributed by atoms with Crippen molar-refractivity contribution in [2.24, 2.45) is 0 Å². The third kappa shape index (κ3) is 3.61. The molecule has 0 unspecified atom stereocenters. The van der Waals surface area contributed by atoms with Crippen LogP contribution < -0.4 is 10.2 Å². The summed E-state index contributed by atoms with van der Waals surface area (Å²) in [5, 5.41) is 4.00. The minimum absolute atomic E-state index is 0.721. The molecule has 2 aromatic rings. The summed E-state index contributed by atoms with van der Waals surface area (Å²) in [5.74, 6) is 1.55. The van der Waals surface area contributed by atoms with Gasteiger partial charge in [0, 0.05) is 35.6 Å². The van der Waals surface area contributed by atoms with E-state index in [-0.39, 0.29) is 0 Å². The molecule has 0 aliphatic heterocycles. The predicted molar refractivity (Wildman–Crippen MR) is 85.1 cm³/mol. The van der Waals surface area contributed by atoms with Crippen LogP contribution in [0.3, 0.4) is 0 Å². The molecular weight excluding hydrogens is 272 g/mol. The van der Waals surface area contributed by atoms with Crippen molar-refractivity contribution in [2.75, 3.05) is 23.3 Å². The van der Waals surface area contributed by atoms with Crippen LogP contribution in [-0.4, -0.2) is 23.1 Å². The van der Waals surface area contributed by atoms with Gasteiger partial charge >= 0.3 is 0 Å². The topological polar surface area (TPSA) is 41.1 Å². The van der Waals surface area contributed by atoms with Crippen LogP contribution in [0.25, 0.3) is 0 Å². The highest BCUT2D eigenvalue weighted by molar-refractivity contribution is 6.30. The average molecular weight is 291 g/mol. The summed E-state index contributed by atoms with van der Waals surface area (Å²) >= 11 is 5.88. The second kappa shape index (κ2) is 6.57. The number of nitrogens with one attached hydrogen (secondary N) is 1. The van der Waals surface area contributed by atoms with Crippen LogP contribution in [0.5, 0.6) is 0 Å². The summed E-state index contributed by atoms with van der Waals surface area (Å²) in [4.78, 5) is 11.2. The van der Waals surface area contributed by atoms with Gasteiger partial charge in [-0.15, -0.1) is 0 Å². The van der Waals surface area contributed by atoms with Crippen molar-refractivity contribution >= 4 is 29.1 Å². The van der Waals surface area contributed by atoms with Gasteiger partial charge in [-0.05, 0) is 45.0 Å². The van der Waals surface area contributed by atoms with E-state index in [1.165, 1.54) is 0 Å². The number of aromatic nitrogens is 2. The first-order valence-corrected chi connectivity index (χ1v) is 7.13. The molecule has 0 saturated heterocycles. The second-order valence-electron chi connectivity index (χ2n) is 4.50. The van der Waals surface area contributed by atoms with Crippen LogP contribution in [0.1, 0.15) is 19.5 Å². The van der Waals surface area contributed by atoms with Crippen molar-refractivity contribution in [3.05, 3.63) is 41.0 Å². The van der Waals surface area contributed by atoms with E-state index < -0.39 is 0 Å². The van der Waals surface area contributed by atoms with Crippen molar-refractivity contribution in [1.29, 1.82) is 0 Å². The fourth-order valence-corrected chi connectivity index (χ4v) is 2.07. The van der Waals surface area contributed by atoms with Gasteiger partial charge in [0.1, 0.15) is 5.82 Å². The number of nitrogens with zero attached hydrogens (tertiary/aromatic N) is 3. The van der Waals surface area contributed by atoms with Crippen LogP contribution in [-0.2, 0) is 0 Å². The third-order valence-corrected chi connectivity index (χ3v) is 3.26. The Labute approximate surface area is 124 Å². The standard InChI is InChI=1S/C15H19ClN4/c1-4-20(5-2)15-17-11(3)10-14(19-15)18-13-8-6-12(16)7-9-13/h6-10H,4-5H2,1-3H3,(H,17,18,19). The van der Waals surface area contributed by atoms with Gasteiger partial charge in [0.05, 0.1) is 0 Å². The van der Waals surface area contributed by atoms with Crippen LogP contribution in [0, 0.1) is 6.92 Å². The van der Waals surface area contributed by atoms with Gasteiger partial charge in [0.2, 0.25) is 5.95 Å². The Morgan fingerprint density at radius 2 is 1.75 bits per heavy atom. The van der Waals surface area contributed by atoms with Gasteiger partial charge < -0.3 is 10.2 Å². The Morgan fingerprint density at radius 1 is 1.10 bits per heavy atom. The number of halogens is 1. The van der Waals surface area contributed by atoms with E-state index in [1.54, 1.807) is 0 Å². The minimum Gasteiger partial charge on any atom is -0.341 e. The predicted octanol–water partition coefficient (Wildman–Crippen LogP) is 4.03. The molecule has 2 rings (SSSR count). The Balaban J connectivity index is 2.25. The lowest BCUT2D eigenvalue weighted by atomic mass is 10.3. The first-order valence-electron chi connectivity index (χ1n) is 6.75. The first-order chi connectivity index (χ1) is 9.62. The zero-order valence-electron chi connectivity index (χ0n) is 12.0. The lowest BCUT2D eigenvalue weighted by Gasteiger charge is -2.19. The quantitative estimate of drug-likeness (QED) is 0.903. The molecule has 1 N–H and O–H groups in total. The Morgan fingerprint density at radius 3 is 2.35 bits per heavy atom. The number of rotatable bonds is 5. The second-order valence-corrected chi connectivity index (χ2v) is 4.94. The van der Waals surface area contributed by atoms with Crippen LogP contribution >= 0.6 is 11.6 Å². The number of hydrogen-bond acceptors (Lipinski definition) is 4. The SMILES string of the molecule is CCN(CC)c1nc(C)cc(Nc2ccc(Cl)cc2)n1. The molecule has 20 heavy (non-hydrogen) atoms. The number of hydrogen-bond donors (Lipinski definition) is 1. The molecule has 0 aliphatic rings. The zero-order chi connectivity index (χ0) is 14.5. The maximum atomic E-state index is 5.88. The van der Waals surface area contributed by atoms with E-state index in [2.05, 4.69) is 34.0 Å². The maximum absolute atomic E-state index is 5.88. The molecule has 4 nitrogen and oxygen atoms in total. The Hall–Kier alpha value is -1.81. The summed E-state index contributed by atoms with van der Waals surface area (Å²) in [5.41, 5.74) is 1.90. The van der Waals surface area contributed by atoms with Crippen molar-refractivity contribution in [3.63, 3.8) is 0 Å². The fourth-order valence-electron chi connectivity index (χ4n) is 1.95. The Bertz CT molecular complexity index is 565. The molecule has 0 spiro atoms. The smallest absolute Gasteiger partial charge is 0.227 e.